The van der Waals surface area contributed by atoms with Gasteiger partial charge >= 0.3 is 17.8 Å². The molecule has 1 heterocycles. The summed E-state index contributed by atoms with van der Waals surface area (Å²) in [5.74, 6) is -3.14. The molecule has 3 N–H and O–H groups in total. The van der Waals surface area contributed by atoms with E-state index in [1.165, 1.54) is 0 Å². The van der Waals surface area contributed by atoms with Crippen molar-refractivity contribution < 1.29 is 29.2 Å². The molecule has 21 heavy (non-hydrogen) atoms. The number of nitrogens with one attached hydrogen (secondary N) is 2. The zero-order valence-electron chi connectivity index (χ0n) is 11.0. The molecule has 10 heteroatoms. The van der Waals surface area contributed by atoms with Crippen molar-refractivity contribution in [3.05, 3.63) is 27.9 Å². The summed E-state index contributed by atoms with van der Waals surface area (Å²) in [7, 11) is 1.16. The molecule has 0 unspecified atom stereocenters. The third-order valence-corrected chi connectivity index (χ3v) is 2.58. The number of aromatic amines is 1. The van der Waals surface area contributed by atoms with Gasteiger partial charge in [-0.25, -0.2) is 9.78 Å². The second kappa shape index (κ2) is 7.03. The summed E-state index contributed by atoms with van der Waals surface area (Å²) >= 11 is 0. The number of carboxylic acids is 1. The Kier molecular flexibility index (Phi) is 5.40. The average Bonchev–Trinajstić information content (AvgIpc) is 2.92. The second-order valence-electron chi connectivity index (χ2n) is 3.99. The molecule has 0 saturated heterocycles. The van der Waals surface area contributed by atoms with Crippen molar-refractivity contribution in [2.75, 3.05) is 7.11 Å². The number of esters is 1. The number of aromatic nitrogens is 1. The van der Waals surface area contributed by atoms with Crippen LogP contribution in [0.15, 0.2) is 12.1 Å². The van der Waals surface area contributed by atoms with Gasteiger partial charge in [-0.2, -0.15) is 0 Å². The van der Waals surface area contributed by atoms with E-state index in [0.717, 1.165) is 19.2 Å². The van der Waals surface area contributed by atoms with Crippen LogP contribution in [0.1, 0.15) is 23.3 Å². The molecule has 1 amide bonds. The first kappa shape index (κ1) is 16.1. The predicted molar refractivity (Wildman–Crippen MR) is 67.6 cm³/mol. The maximum absolute atomic E-state index is 11.8. The molecule has 114 valence electrons. The summed E-state index contributed by atoms with van der Waals surface area (Å²) in [6, 6.07) is 0.935. The van der Waals surface area contributed by atoms with Gasteiger partial charge in [-0.1, -0.05) is 0 Å². The van der Waals surface area contributed by atoms with E-state index in [2.05, 4.69) is 15.0 Å². The van der Waals surface area contributed by atoms with Crippen molar-refractivity contribution >= 4 is 23.7 Å². The molecule has 0 radical (unpaired) electrons. The first-order valence-corrected chi connectivity index (χ1v) is 5.79. The molecule has 0 fully saturated rings. The van der Waals surface area contributed by atoms with Crippen LogP contribution in [-0.2, 0) is 14.3 Å². The van der Waals surface area contributed by atoms with Crippen molar-refractivity contribution in [3.63, 3.8) is 0 Å². The monoisotopic (exact) mass is 299 g/mol. The lowest BCUT2D eigenvalue weighted by Crippen LogP contribution is -2.41. The molecule has 1 aromatic heterocycles. The molecule has 1 rings (SSSR count). The van der Waals surface area contributed by atoms with E-state index in [-0.39, 0.29) is 24.4 Å². The number of carboxylic acid groups (broad SMARTS) is 1. The van der Waals surface area contributed by atoms with E-state index >= 15 is 0 Å². The van der Waals surface area contributed by atoms with Gasteiger partial charge in [-0.05, 0) is 17.4 Å². The van der Waals surface area contributed by atoms with E-state index in [0.29, 0.717) is 0 Å². The third-order valence-electron chi connectivity index (χ3n) is 2.58. The van der Waals surface area contributed by atoms with Crippen LogP contribution in [0, 0.1) is 10.1 Å². The Labute approximate surface area is 118 Å². The van der Waals surface area contributed by atoms with Crippen LogP contribution < -0.4 is 5.32 Å². The smallest absolute Gasteiger partial charge is 0.326 e. The highest BCUT2D eigenvalue weighted by Gasteiger charge is 2.24. The lowest BCUT2D eigenvalue weighted by atomic mass is 10.1. The molecular formula is C11H13N3O7. The first-order chi connectivity index (χ1) is 9.85. The molecule has 0 aromatic carbocycles. The summed E-state index contributed by atoms with van der Waals surface area (Å²) in [5.41, 5.74) is -0.147. The lowest BCUT2D eigenvalue weighted by molar-refractivity contribution is -0.389. The van der Waals surface area contributed by atoms with Crippen LogP contribution in [0.4, 0.5) is 5.82 Å². The lowest BCUT2D eigenvalue weighted by Gasteiger charge is -2.12. The number of nitro groups is 1. The van der Waals surface area contributed by atoms with Crippen LogP contribution in [0.25, 0.3) is 0 Å². The number of methoxy groups -OCH3 is 1. The molecule has 0 aliphatic heterocycles. The highest BCUT2D eigenvalue weighted by Crippen LogP contribution is 2.10. The Bertz CT molecular complexity index is 566. The molecule has 1 atom stereocenters. The second-order valence-corrected chi connectivity index (χ2v) is 3.99. The van der Waals surface area contributed by atoms with Gasteiger partial charge in [-0.3, -0.25) is 9.59 Å². The summed E-state index contributed by atoms with van der Waals surface area (Å²) in [6.07, 6.45) is -0.338. The predicted octanol–water partition coefficient (Wildman–Crippen LogP) is 0.0591. The molecule has 0 aliphatic carbocycles. The van der Waals surface area contributed by atoms with Gasteiger partial charge in [0.15, 0.2) is 5.69 Å². The minimum absolute atomic E-state index is 0.147. The van der Waals surface area contributed by atoms with Gasteiger partial charge in [0.25, 0.3) is 5.91 Å². The van der Waals surface area contributed by atoms with Gasteiger partial charge in [0.1, 0.15) is 6.04 Å². The summed E-state index contributed by atoms with van der Waals surface area (Å²) in [6.45, 7) is 0. The fraction of sp³-hybridized carbons (Fsp3) is 0.364. The van der Waals surface area contributed by atoms with Crippen LogP contribution in [0.2, 0.25) is 0 Å². The standard InChI is InChI=1S/C11H13N3O7/c1-21-9(15)5-3-7(11(17)18)13-10(16)6-2-4-8(12-6)14(19)20/h2,4,7,12H,3,5H2,1H3,(H,13,16)(H,17,18)/t7-/m1/s1. The topological polar surface area (TPSA) is 152 Å². The molecule has 0 bridgehead atoms. The minimum Gasteiger partial charge on any atom is -0.480 e. The number of nitrogens with zero attached hydrogens (tertiary/aromatic N) is 1. The number of hydrogen-bond donors (Lipinski definition) is 3. The fourth-order valence-electron chi connectivity index (χ4n) is 1.48. The maximum atomic E-state index is 11.8. The third kappa shape index (κ3) is 4.60. The van der Waals surface area contributed by atoms with Gasteiger partial charge < -0.3 is 25.3 Å². The van der Waals surface area contributed by atoms with Gasteiger partial charge in [0.2, 0.25) is 0 Å². The van der Waals surface area contributed by atoms with E-state index in [9.17, 15) is 24.5 Å². The van der Waals surface area contributed by atoms with Gasteiger partial charge in [0.05, 0.1) is 7.11 Å². The van der Waals surface area contributed by atoms with Crippen LogP contribution >= 0.6 is 0 Å². The fourth-order valence-corrected chi connectivity index (χ4v) is 1.48. The molecule has 10 nitrogen and oxygen atoms in total. The number of amides is 1. The number of carbonyl (C=O) groups is 3. The SMILES string of the molecule is COC(=O)CC[C@@H](NC(=O)c1ccc([N+](=O)[O-])[nH]1)C(=O)O. The summed E-state index contributed by atoms with van der Waals surface area (Å²) in [4.78, 5) is 45.7. The normalized spacial score (nSPS) is 11.5. The van der Waals surface area contributed by atoms with Gasteiger partial charge in [-0.15, -0.1) is 0 Å². The Hall–Kier alpha value is -2.91. The number of ether oxygens (including phenoxy) is 1. The van der Waals surface area contributed by atoms with E-state index in [1.54, 1.807) is 0 Å². The highest BCUT2D eigenvalue weighted by atomic mass is 16.6. The molecule has 0 saturated carbocycles. The van der Waals surface area contributed by atoms with E-state index < -0.39 is 28.8 Å². The van der Waals surface area contributed by atoms with Crippen molar-refractivity contribution in [1.29, 1.82) is 0 Å². The van der Waals surface area contributed by atoms with Crippen molar-refractivity contribution in [2.24, 2.45) is 0 Å². The van der Waals surface area contributed by atoms with Crippen molar-refractivity contribution in [2.45, 2.75) is 18.9 Å². The largest absolute Gasteiger partial charge is 0.480 e. The van der Waals surface area contributed by atoms with Gasteiger partial charge in [0, 0.05) is 12.5 Å². The average molecular weight is 299 g/mol. The highest BCUT2D eigenvalue weighted by molar-refractivity contribution is 5.95. The number of hydrogen-bond acceptors (Lipinski definition) is 6. The first-order valence-electron chi connectivity index (χ1n) is 5.79. The van der Waals surface area contributed by atoms with E-state index in [4.69, 9.17) is 5.11 Å². The Morgan fingerprint density at radius 3 is 2.62 bits per heavy atom. The molecular weight excluding hydrogens is 286 g/mol. The number of rotatable bonds is 7. The maximum Gasteiger partial charge on any atom is 0.326 e. The number of aliphatic carboxylic acids is 1. The van der Waals surface area contributed by atoms with Crippen LogP contribution in [0.5, 0.6) is 0 Å². The van der Waals surface area contributed by atoms with Crippen LogP contribution in [0.3, 0.4) is 0 Å². The molecule has 1 aromatic rings. The Balaban J connectivity index is 2.69. The number of carbonyl (C=O) groups excluding carboxylic acids is 2. The van der Waals surface area contributed by atoms with E-state index in [1.807, 2.05) is 0 Å². The molecule has 0 aliphatic rings. The zero-order valence-corrected chi connectivity index (χ0v) is 11.0. The quantitative estimate of drug-likeness (QED) is 0.365. The van der Waals surface area contributed by atoms with Crippen molar-refractivity contribution in [1.82, 2.24) is 10.3 Å². The zero-order chi connectivity index (χ0) is 16.0. The molecule has 0 spiro atoms. The van der Waals surface area contributed by atoms with Crippen molar-refractivity contribution in [3.8, 4) is 0 Å². The minimum atomic E-state index is -1.33. The Morgan fingerprint density at radius 1 is 1.48 bits per heavy atom. The van der Waals surface area contributed by atoms with Crippen LogP contribution in [-0.4, -0.2) is 46.0 Å². The number of H-pyrrole nitrogens is 1. The Morgan fingerprint density at radius 2 is 2.14 bits per heavy atom. The summed E-state index contributed by atoms with van der Waals surface area (Å²) < 4.78 is 4.37. The summed E-state index contributed by atoms with van der Waals surface area (Å²) in [5, 5.41) is 21.6.